The monoisotopic (exact) mass is 385 g/mol. The molecule has 0 amide bonds. The SMILES string of the molecule is CSc1ccc(CN(C)Cc2nc3sc4c(c3c(=O)[nH]2)CCCC4)cc1. The van der Waals surface area contributed by atoms with Gasteiger partial charge in [0.25, 0.3) is 5.56 Å². The van der Waals surface area contributed by atoms with E-state index in [0.717, 1.165) is 35.4 Å². The highest BCUT2D eigenvalue weighted by atomic mass is 32.2. The highest BCUT2D eigenvalue weighted by Gasteiger charge is 2.20. The number of H-pyrrole nitrogens is 1. The van der Waals surface area contributed by atoms with Crippen LogP contribution in [0.1, 0.15) is 34.7 Å². The molecule has 1 aliphatic rings. The Balaban J connectivity index is 1.53. The van der Waals surface area contributed by atoms with Gasteiger partial charge in [0.2, 0.25) is 0 Å². The third kappa shape index (κ3) is 3.59. The van der Waals surface area contributed by atoms with Gasteiger partial charge in [0.15, 0.2) is 0 Å². The zero-order chi connectivity index (χ0) is 18.1. The van der Waals surface area contributed by atoms with E-state index in [1.807, 2.05) is 0 Å². The van der Waals surface area contributed by atoms with Crippen molar-refractivity contribution in [1.29, 1.82) is 0 Å². The Kier molecular flexibility index (Phi) is 5.16. The van der Waals surface area contributed by atoms with Crippen LogP contribution in [0.3, 0.4) is 0 Å². The van der Waals surface area contributed by atoms with E-state index < -0.39 is 0 Å². The Bertz CT molecular complexity index is 975. The number of thioether (sulfide) groups is 1. The fourth-order valence-electron chi connectivity index (χ4n) is 3.64. The molecule has 1 N–H and O–H groups in total. The molecule has 26 heavy (non-hydrogen) atoms. The van der Waals surface area contributed by atoms with Crippen LogP contribution in [0.15, 0.2) is 34.0 Å². The second-order valence-corrected chi connectivity index (χ2v) is 8.89. The number of aryl methyl sites for hydroxylation is 2. The fraction of sp³-hybridized carbons (Fsp3) is 0.400. The van der Waals surface area contributed by atoms with E-state index in [1.54, 1.807) is 23.1 Å². The summed E-state index contributed by atoms with van der Waals surface area (Å²) < 4.78 is 0. The van der Waals surface area contributed by atoms with Crippen LogP contribution >= 0.6 is 23.1 Å². The van der Waals surface area contributed by atoms with Crippen molar-refractivity contribution in [3.8, 4) is 0 Å². The smallest absolute Gasteiger partial charge is 0.259 e. The maximum Gasteiger partial charge on any atom is 0.259 e. The molecule has 3 aromatic rings. The number of fused-ring (bicyclic) bond motifs is 3. The van der Waals surface area contributed by atoms with Crippen molar-refractivity contribution in [3.63, 3.8) is 0 Å². The summed E-state index contributed by atoms with van der Waals surface area (Å²) in [6, 6.07) is 8.62. The van der Waals surface area contributed by atoms with E-state index in [9.17, 15) is 4.79 Å². The number of aromatic amines is 1. The summed E-state index contributed by atoms with van der Waals surface area (Å²) in [5.74, 6) is 0.754. The van der Waals surface area contributed by atoms with Gasteiger partial charge in [-0.15, -0.1) is 23.1 Å². The molecule has 0 saturated carbocycles. The normalized spacial score (nSPS) is 14.1. The Morgan fingerprint density at radius 2 is 1.96 bits per heavy atom. The quantitative estimate of drug-likeness (QED) is 0.668. The average Bonchev–Trinajstić information content (AvgIpc) is 3.01. The number of nitrogens with zero attached hydrogens (tertiary/aromatic N) is 2. The van der Waals surface area contributed by atoms with Crippen molar-refractivity contribution in [2.75, 3.05) is 13.3 Å². The minimum Gasteiger partial charge on any atom is -0.309 e. The molecule has 0 fully saturated rings. The number of hydrogen-bond donors (Lipinski definition) is 1. The van der Waals surface area contributed by atoms with E-state index in [2.05, 4.69) is 47.5 Å². The molecule has 0 spiro atoms. The minimum atomic E-state index is 0.0297. The summed E-state index contributed by atoms with van der Waals surface area (Å²) in [6.45, 7) is 1.47. The van der Waals surface area contributed by atoms with Crippen LogP contribution in [0, 0.1) is 0 Å². The molecule has 6 heteroatoms. The van der Waals surface area contributed by atoms with E-state index in [1.165, 1.54) is 33.7 Å². The molecule has 136 valence electrons. The molecule has 0 saturated heterocycles. The number of aromatic nitrogens is 2. The molecule has 1 aliphatic carbocycles. The van der Waals surface area contributed by atoms with Gasteiger partial charge in [-0.05, 0) is 62.2 Å². The standard InChI is InChI=1S/C20H23N3OS2/c1-23(11-13-7-9-14(25-2)10-8-13)12-17-21-19(24)18-15-5-3-4-6-16(15)26-20(18)22-17/h7-10H,3-6,11-12H2,1-2H3,(H,21,22,24). The van der Waals surface area contributed by atoms with Gasteiger partial charge >= 0.3 is 0 Å². The number of benzene rings is 1. The third-order valence-corrected chi connectivity index (χ3v) is 6.83. The summed E-state index contributed by atoms with van der Waals surface area (Å²) >= 11 is 3.46. The molecule has 4 nitrogen and oxygen atoms in total. The Labute approximate surface area is 161 Å². The van der Waals surface area contributed by atoms with Crippen LogP contribution in [0.4, 0.5) is 0 Å². The summed E-state index contributed by atoms with van der Waals surface area (Å²) in [4.78, 5) is 26.2. The topological polar surface area (TPSA) is 49.0 Å². The highest BCUT2D eigenvalue weighted by molar-refractivity contribution is 7.98. The molecule has 2 aromatic heterocycles. The zero-order valence-corrected chi connectivity index (χ0v) is 16.8. The van der Waals surface area contributed by atoms with E-state index in [-0.39, 0.29) is 5.56 Å². The van der Waals surface area contributed by atoms with Crippen LogP contribution < -0.4 is 5.56 Å². The van der Waals surface area contributed by atoms with Gasteiger partial charge in [0.05, 0.1) is 11.9 Å². The largest absolute Gasteiger partial charge is 0.309 e. The van der Waals surface area contributed by atoms with Gasteiger partial charge in [-0.25, -0.2) is 4.98 Å². The number of thiophene rings is 1. The highest BCUT2D eigenvalue weighted by Crippen LogP contribution is 2.33. The second-order valence-electron chi connectivity index (χ2n) is 6.92. The molecular weight excluding hydrogens is 362 g/mol. The van der Waals surface area contributed by atoms with Gasteiger partial charge in [-0.1, -0.05) is 12.1 Å². The van der Waals surface area contributed by atoms with Gasteiger partial charge < -0.3 is 4.98 Å². The van der Waals surface area contributed by atoms with Crippen LogP contribution in [-0.2, 0) is 25.9 Å². The van der Waals surface area contributed by atoms with Gasteiger partial charge in [-0.2, -0.15) is 0 Å². The van der Waals surface area contributed by atoms with Crippen molar-refractivity contribution in [3.05, 3.63) is 56.4 Å². The predicted octanol–water partition coefficient (Wildman–Crippen LogP) is 4.22. The first kappa shape index (κ1) is 17.8. The molecule has 0 unspecified atom stereocenters. The van der Waals surface area contributed by atoms with Gasteiger partial charge in [-0.3, -0.25) is 9.69 Å². The lowest BCUT2D eigenvalue weighted by Gasteiger charge is -2.16. The summed E-state index contributed by atoms with van der Waals surface area (Å²) in [6.07, 6.45) is 6.60. The lowest BCUT2D eigenvalue weighted by Crippen LogP contribution is -2.21. The molecular formula is C20H23N3OS2. The van der Waals surface area contributed by atoms with Crippen LogP contribution in [0.2, 0.25) is 0 Å². The van der Waals surface area contributed by atoms with Crippen molar-refractivity contribution < 1.29 is 0 Å². The first-order chi connectivity index (χ1) is 12.6. The first-order valence-electron chi connectivity index (χ1n) is 8.99. The average molecular weight is 386 g/mol. The predicted molar refractivity (Wildman–Crippen MR) is 110 cm³/mol. The van der Waals surface area contributed by atoms with Crippen molar-refractivity contribution in [2.24, 2.45) is 0 Å². The summed E-state index contributed by atoms with van der Waals surface area (Å²) in [5.41, 5.74) is 2.54. The number of rotatable bonds is 5. The lowest BCUT2D eigenvalue weighted by molar-refractivity contribution is 0.310. The summed E-state index contributed by atoms with van der Waals surface area (Å²) in [7, 11) is 2.06. The fourth-order valence-corrected chi connectivity index (χ4v) is 5.33. The van der Waals surface area contributed by atoms with E-state index >= 15 is 0 Å². The Morgan fingerprint density at radius 1 is 1.19 bits per heavy atom. The Hall–Kier alpha value is -1.63. The van der Waals surface area contributed by atoms with Crippen molar-refractivity contribution in [1.82, 2.24) is 14.9 Å². The number of nitrogens with one attached hydrogen (secondary N) is 1. The van der Waals surface area contributed by atoms with Crippen LogP contribution in [-0.4, -0.2) is 28.2 Å². The van der Waals surface area contributed by atoms with E-state index in [0.29, 0.717) is 6.54 Å². The lowest BCUT2D eigenvalue weighted by atomic mass is 9.97. The van der Waals surface area contributed by atoms with Crippen LogP contribution in [0.5, 0.6) is 0 Å². The minimum absolute atomic E-state index is 0.0297. The molecule has 0 aliphatic heterocycles. The van der Waals surface area contributed by atoms with Gasteiger partial charge in [0.1, 0.15) is 10.7 Å². The molecule has 2 heterocycles. The van der Waals surface area contributed by atoms with Crippen molar-refractivity contribution >= 4 is 33.3 Å². The third-order valence-electron chi connectivity index (χ3n) is 4.91. The van der Waals surface area contributed by atoms with Gasteiger partial charge in [0, 0.05) is 16.3 Å². The molecule has 0 bridgehead atoms. The number of hydrogen-bond acceptors (Lipinski definition) is 5. The first-order valence-corrected chi connectivity index (χ1v) is 11.0. The molecule has 0 atom stereocenters. The molecule has 1 aromatic carbocycles. The second kappa shape index (κ2) is 7.55. The maximum atomic E-state index is 12.6. The van der Waals surface area contributed by atoms with E-state index in [4.69, 9.17) is 4.98 Å². The molecule has 4 rings (SSSR count). The Morgan fingerprint density at radius 3 is 2.73 bits per heavy atom. The zero-order valence-electron chi connectivity index (χ0n) is 15.2. The molecule has 0 radical (unpaired) electrons. The van der Waals surface area contributed by atoms with Crippen LogP contribution in [0.25, 0.3) is 10.2 Å². The van der Waals surface area contributed by atoms with Crippen molar-refractivity contribution in [2.45, 2.75) is 43.7 Å². The summed E-state index contributed by atoms with van der Waals surface area (Å²) in [5, 5.41) is 0.837. The maximum absolute atomic E-state index is 12.6.